The number of carbonyl (C=O) groups excluding carboxylic acids is 1. The summed E-state index contributed by atoms with van der Waals surface area (Å²) < 4.78 is 24.8. The fourth-order valence-corrected chi connectivity index (χ4v) is 3.69. The van der Waals surface area contributed by atoms with Crippen molar-refractivity contribution in [1.82, 2.24) is 9.88 Å². The molecule has 0 saturated heterocycles. The van der Waals surface area contributed by atoms with E-state index in [1.165, 1.54) is 35.6 Å². The maximum absolute atomic E-state index is 13.2. The fourth-order valence-electron chi connectivity index (χ4n) is 2.69. The number of anilines is 1. The molecular weight excluding hydrogens is 381 g/mol. The number of nitrogens with zero attached hydrogens (tertiary/aromatic N) is 3. The van der Waals surface area contributed by atoms with Crippen LogP contribution in [0.4, 0.5) is 9.52 Å². The van der Waals surface area contributed by atoms with Gasteiger partial charge in [0.15, 0.2) is 16.6 Å². The number of ether oxygens (including phenoxy) is 2. The van der Waals surface area contributed by atoms with Crippen LogP contribution in [-0.4, -0.2) is 57.2 Å². The summed E-state index contributed by atoms with van der Waals surface area (Å²) in [6.07, 6.45) is 0. The zero-order chi connectivity index (χ0) is 20.3. The van der Waals surface area contributed by atoms with Crippen molar-refractivity contribution in [2.45, 2.75) is 0 Å². The number of halogens is 1. The molecule has 1 heterocycles. The zero-order valence-electron chi connectivity index (χ0n) is 16.2. The fraction of sp³-hybridized carbons (Fsp3) is 0.300. The van der Waals surface area contributed by atoms with E-state index < -0.39 is 0 Å². The van der Waals surface area contributed by atoms with Crippen LogP contribution in [0, 0.1) is 5.82 Å². The normalized spacial score (nSPS) is 11.1. The summed E-state index contributed by atoms with van der Waals surface area (Å²) in [4.78, 5) is 21.3. The molecule has 1 aromatic heterocycles. The van der Waals surface area contributed by atoms with Gasteiger partial charge < -0.3 is 14.4 Å². The van der Waals surface area contributed by atoms with Crippen LogP contribution in [0.5, 0.6) is 11.5 Å². The lowest BCUT2D eigenvalue weighted by Gasteiger charge is -2.22. The Balaban J connectivity index is 2.01. The predicted molar refractivity (Wildman–Crippen MR) is 109 cm³/mol. The minimum absolute atomic E-state index is 0.222. The monoisotopic (exact) mass is 403 g/mol. The van der Waals surface area contributed by atoms with Gasteiger partial charge >= 0.3 is 0 Å². The highest BCUT2D eigenvalue weighted by Gasteiger charge is 2.22. The van der Waals surface area contributed by atoms with Crippen LogP contribution in [-0.2, 0) is 0 Å². The molecule has 0 bridgehead atoms. The van der Waals surface area contributed by atoms with Crippen molar-refractivity contribution in [1.29, 1.82) is 0 Å². The molecule has 148 valence electrons. The van der Waals surface area contributed by atoms with Crippen molar-refractivity contribution >= 4 is 32.6 Å². The molecule has 0 N–H and O–H groups in total. The van der Waals surface area contributed by atoms with Crippen molar-refractivity contribution in [3.8, 4) is 11.5 Å². The Labute approximate surface area is 167 Å². The molecule has 3 rings (SSSR count). The number of methoxy groups -OCH3 is 2. The van der Waals surface area contributed by atoms with Gasteiger partial charge in [-0.2, -0.15) is 0 Å². The summed E-state index contributed by atoms with van der Waals surface area (Å²) in [5.74, 6) is 0.585. The number of hydrogen-bond donors (Lipinski definition) is 0. The number of benzene rings is 2. The Bertz CT molecular complexity index is 932. The van der Waals surface area contributed by atoms with Crippen molar-refractivity contribution in [3.05, 3.63) is 47.8 Å². The van der Waals surface area contributed by atoms with Crippen molar-refractivity contribution in [3.63, 3.8) is 0 Å². The Morgan fingerprint density at radius 1 is 1.07 bits per heavy atom. The molecule has 0 spiro atoms. The number of thiazole rings is 1. The van der Waals surface area contributed by atoms with Gasteiger partial charge in [-0.1, -0.05) is 11.3 Å². The van der Waals surface area contributed by atoms with E-state index in [-0.39, 0.29) is 11.7 Å². The minimum atomic E-state index is -0.379. The Morgan fingerprint density at radius 2 is 1.71 bits per heavy atom. The molecular formula is C20H22FN3O3S. The standard InChI is InChI=1S/C20H22FN3O3S/c1-23(2)9-10-24(19(25)13-5-7-14(21)8-6-13)20-22-15-11-16(26-3)17(27-4)12-18(15)28-20/h5-8,11-12H,9-10H2,1-4H3. The van der Waals surface area contributed by atoms with E-state index in [0.29, 0.717) is 35.3 Å². The number of amides is 1. The zero-order valence-corrected chi connectivity index (χ0v) is 17.0. The van der Waals surface area contributed by atoms with Gasteiger partial charge in [0.2, 0.25) is 0 Å². The van der Waals surface area contributed by atoms with Crippen LogP contribution in [0.25, 0.3) is 10.2 Å². The van der Waals surface area contributed by atoms with E-state index in [9.17, 15) is 9.18 Å². The number of likely N-dealkylation sites (N-methyl/N-ethyl adjacent to an activating group) is 1. The van der Waals surface area contributed by atoms with Gasteiger partial charge in [-0.3, -0.25) is 9.69 Å². The van der Waals surface area contributed by atoms with Crippen LogP contribution in [0.1, 0.15) is 10.4 Å². The maximum atomic E-state index is 13.2. The summed E-state index contributed by atoms with van der Waals surface area (Å²) in [5, 5.41) is 0.571. The van der Waals surface area contributed by atoms with Gasteiger partial charge in [0, 0.05) is 30.8 Å². The Hall–Kier alpha value is -2.71. The molecule has 28 heavy (non-hydrogen) atoms. The van der Waals surface area contributed by atoms with Crippen LogP contribution in [0.2, 0.25) is 0 Å². The Morgan fingerprint density at radius 3 is 2.32 bits per heavy atom. The quantitative estimate of drug-likeness (QED) is 0.603. The van der Waals surface area contributed by atoms with E-state index in [1.54, 1.807) is 25.2 Å². The highest BCUT2D eigenvalue weighted by molar-refractivity contribution is 7.22. The smallest absolute Gasteiger partial charge is 0.260 e. The van der Waals surface area contributed by atoms with E-state index >= 15 is 0 Å². The largest absolute Gasteiger partial charge is 0.493 e. The first-order valence-corrected chi connectivity index (χ1v) is 9.49. The third-order valence-electron chi connectivity index (χ3n) is 4.22. The summed E-state index contributed by atoms with van der Waals surface area (Å²) in [6.45, 7) is 1.12. The van der Waals surface area contributed by atoms with Gasteiger partial charge in [-0.05, 0) is 38.4 Å². The van der Waals surface area contributed by atoms with E-state index in [1.807, 2.05) is 25.1 Å². The highest BCUT2D eigenvalue weighted by Crippen LogP contribution is 2.37. The summed E-state index contributed by atoms with van der Waals surface area (Å²) >= 11 is 1.40. The third-order valence-corrected chi connectivity index (χ3v) is 5.26. The number of fused-ring (bicyclic) bond motifs is 1. The van der Waals surface area contributed by atoms with Crippen molar-refractivity contribution in [2.24, 2.45) is 0 Å². The van der Waals surface area contributed by atoms with Crippen LogP contribution < -0.4 is 14.4 Å². The molecule has 0 unspecified atom stereocenters. The maximum Gasteiger partial charge on any atom is 0.260 e. The number of aromatic nitrogens is 1. The lowest BCUT2D eigenvalue weighted by Crippen LogP contribution is -2.36. The number of rotatable bonds is 7. The first-order chi connectivity index (χ1) is 13.4. The van der Waals surface area contributed by atoms with E-state index in [4.69, 9.17) is 9.47 Å². The molecule has 0 aliphatic heterocycles. The molecule has 0 aliphatic carbocycles. The lowest BCUT2D eigenvalue weighted by atomic mass is 10.2. The molecule has 6 nitrogen and oxygen atoms in total. The van der Waals surface area contributed by atoms with Gasteiger partial charge in [0.1, 0.15) is 5.82 Å². The highest BCUT2D eigenvalue weighted by atomic mass is 32.1. The van der Waals surface area contributed by atoms with Crippen LogP contribution in [0.3, 0.4) is 0 Å². The van der Waals surface area contributed by atoms with Crippen molar-refractivity contribution in [2.75, 3.05) is 46.3 Å². The molecule has 3 aromatic rings. The molecule has 8 heteroatoms. The van der Waals surface area contributed by atoms with Crippen LogP contribution in [0.15, 0.2) is 36.4 Å². The second-order valence-electron chi connectivity index (χ2n) is 6.44. The summed E-state index contributed by atoms with van der Waals surface area (Å²) in [7, 11) is 7.02. The van der Waals surface area contributed by atoms with Gasteiger partial charge in [-0.25, -0.2) is 9.37 Å². The molecule has 0 saturated carbocycles. The van der Waals surface area contributed by atoms with E-state index in [0.717, 1.165) is 10.2 Å². The van der Waals surface area contributed by atoms with Crippen molar-refractivity contribution < 1.29 is 18.7 Å². The topological polar surface area (TPSA) is 54.9 Å². The first-order valence-electron chi connectivity index (χ1n) is 8.67. The first kappa shape index (κ1) is 20.0. The average Bonchev–Trinajstić information content (AvgIpc) is 3.09. The van der Waals surface area contributed by atoms with Gasteiger partial charge in [0.25, 0.3) is 5.91 Å². The molecule has 0 atom stereocenters. The van der Waals surface area contributed by atoms with Crippen LogP contribution >= 0.6 is 11.3 Å². The summed E-state index contributed by atoms with van der Waals surface area (Å²) in [5.41, 5.74) is 1.13. The second kappa shape index (κ2) is 8.53. The number of carbonyl (C=O) groups is 1. The second-order valence-corrected chi connectivity index (χ2v) is 7.45. The molecule has 1 amide bonds. The SMILES string of the molecule is COc1cc2nc(N(CCN(C)C)C(=O)c3ccc(F)cc3)sc2cc1OC. The third kappa shape index (κ3) is 4.23. The molecule has 0 aliphatic rings. The van der Waals surface area contributed by atoms with Gasteiger partial charge in [-0.15, -0.1) is 0 Å². The molecule has 0 radical (unpaired) electrons. The van der Waals surface area contributed by atoms with E-state index in [2.05, 4.69) is 4.98 Å². The molecule has 0 fully saturated rings. The Kier molecular flexibility index (Phi) is 6.11. The predicted octanol–water partition coefficient (Wildman–Crippen LogP) is 3.66. The van der Waals surface area contributed by atoms with Gasteiger partial charge in [0.05, 0.1) is 24.4 Å². The average molecular weight is 403 g/mol. The lowest BCUT2D eigenvalue weighted by molar-refractivity contribution is 0.0985. The molecule has 2 aromatic carbocycles. The minimum Gasteiger partial charge on any atom is -0.493 e. The summed E-state index contributed by atoms with van der Waals surface area (Å²) in [6, 6.07) is 9.18. The number of hydrogen-bond acceptors (Lipinski definition) is 6.